The molecule has 1 aromatic heterocycles. The summed E-state index contributed by atoms with van der Waals surface area (Å²) in [6.07, 6.45) is 0. The van der Waals surface area contributed by atoms with Crippen molar-refractivity contribution in [3.8, 4) is 0 Å². The second-order valence-corrected chi connectivity index (χ2v) is 7.37. The Labute approximate surface area is 152 Å². The first kappa shape index (κ1) is 16.8. The van der Waals surface area contributed by atoms with Crippen molar-refractivity contribution in [1.82, 2.24) is 10.2 Å². The van der Waals surface area contributed by atoms with E-state index in [1.807, 2.05) is 54.6 Å². The topological polar surface area (TPSA) is 66.9 Å². The molecule has 0 saturated heterocycles. The number of amides is 2. The number of nitrogens with zero attached hydrogens (tertiary/aromatic N) is 2. The van der Waals surface area contributed by atoms with Gasteiger partial charge in [-0.25, -0.2) is 4.79 Å². The first-order valence-electron chi connectivity index (χ1n) is 7.03. The van der Waals surface area contributed by atoms with Gasteiger partial charge in [0, 0.05) is 16.5 Å². The van der Waals surface area contributed by atoms with Gasteiger partial charge in [0.1, 0.15) is 0 Å². The van der Waals surface area contributed by atoms with E-state index in [0.717, 1.165) is 21.3 Å². The van der Waals surface area contributed by atoms with Crippen LogP contribution < -0.4 is 10.6 Å². The van der Waals surface area contributed by atoms with Crippen molar-refractivity contribution in [1.29, 1.82) is 0 Å². The molecule has 8 heteroatoms. The summed E-state index contributed by atoms with van der Waals surface area (Å²) in [5.74, 6) is 0.741. The van der Waals surface area contributed by atoms with Crippen molar-refractivity contribution >= 4 is 51.5 Å². The lowest BCUT2D eigenvalue weighted by molar-refractivity contribution is 0.262. The molecule has 0 aliphatic heterocycles. The molecule has 2 N–H and O–H groups in total. The summed E-state index contributed by atoms with van der Waals surface area (Å²) in [7, 11) is 0. The van der Waals surface area contributed by atoms with Gasteiger partial charge in [0.05, 0.1) is 0 Å². The van der Waals surface area contributed by atoms with Crippen molar-refractivity contribution in [2.24, 2.45) is 0 Å². The Balaban J connectivity index is 1.52. The Kier molecular flexibility index (Phi) is 5.68. The molecule has 0 aliphatic carbocycles. The maximum absolute atomic E-state index is 11.9. The molecule has 5 nitrogen and oxygen atoms in total. The van der Waals surface area contributed by atoms with Crippen LogP contribution in [-0.2, 0) is 5.75 Å². The Morgan fingerprint density at radius 2 is 1.92 bits per heavy atom. The maximum Gasteiger partial charge on any atom is 0.325 e. The standard InChI is InChI=1S/C16H13ClN4OS2/c17-12-6-4-5-11(9-12)10-23-16-21-20-15(24-16)19-14(22)18-13-7-2-1-3-8-13/h1-9H,10H2,(H2,18,19,20,22). The van der Waals surface area contributed by atoms with Crippen molar-refractivity contribution < 1.29 is 4.79 Å². The molecule has 0 saturated carbocycles. The highest BCUT2D eigenvalue weighted by Crippen LogP contribution is 2.28. The molecule has 0 aliphatic rings. The number of para-hydroxylation sites is 1. The normalized spacial score (nSPS) is 10.4. The van der Waals surface area contributed by atoms with Crippen molar-refractivity contribution in [3.05, 3.63) is 65.2 Å². The van der Waals surface area contributed by atoms with E-state index in [0.29, 0.717) is 10.2 Å². The average molecular weight is 377 g/mol. The van der Waals surface area contributed by atoms with Crippen LogP contribution in [0.25, 0.3) is 0 Å². The number of rotatable bonds is 5. The zero-order valence-corrected chi connectivity index (χ0v) is 14.8. The molecule has 3 rings (SSSR count). The summed E-state index contributed by atoms with van der Waals surface area (Å²) in [6.45, 7) is 0. The van der Waals surface area contributed by atoms with Crippen LogP contribution in [0.2, 0.25) is 5.02 Å². The van der Waals surface area contributed by atoms with E-state index in [2.05, 4.69) is 20.8 Å². The van der Waals surface area contributed by atoms with Crippen LogP contribution in [0.1, 0.15) is 5.56 Å². The highest BCUT2D eigenvalue weighted by Gasteiger charge is 2.09. The lowest BCUT2D eigenvalue weighted by Gasteiger charge is -2.03. The fourth-order valence-corrected chi connectivity index (χ4v) is 3.77. The van der Waals surface area contributed by atoms with Crippen molar-refractivity contribution in [2.75, 3.05) is 10.6 Å². The highest BCUT2D eigenvalue weighted by molar-refractivity contribution is 8.00. The predicted octanol–water partition coefficient (Wildman–Crippen LogP) is 5.13. The van der Waals surface area contributed by atoms with Crippen molar-refractivity contribution in [3.63, 3.8) is 0 Å². The Hall–Kier alpha value is -2.09. The Morgan fingerprint density at radius 3 is 2.71 bits per heavy atom. The average Bonchev–Trinajstić information content (AvgIpc) is 3.01. The van der Waals surface area contributed by atoms with E-state index in [4.69, 9.17) is 11.6 Å². The predicted molar refractivity (Wildman–Crippen MR) is 100 cm³/mol. The van der Waals surface area contributed by atoms with Gasteiger partial charge in [0.25, 0.3) is 0 Å². The summed E-state index contributed by atoms with van der Waals surface area (Å²) in [6, 6.07) is 16.6. The third-order valence-corrected chi connectivity index (χ3v) is 5.19. The molecule has 0 spiro atoms. The Bertz CT molecular complexity index is 826. The number of carbonyl (C=O) groups excluding carboxylic acids is 1. The van der Waals surface area contributed by atoms with Gasteiger partial charge >= 0.3 is 6.03 Å². The number of urea groups is 1. The van der Waals surface area contributed by atoms with E-state index < -0.39 is 0 Å². The van der Waals surface area contributed by atoms with Crippen LogP contribution in [0.5, 0.6) is 0 Å². The summed E-state index contributed by atoms with van der Waals surface area (Å²) in [4.78, 5) is 11.9. The molecule has 122 valence electrons. The minimum Gasteiger partial charge on any atom is -0.308 e. The molecule has 0 fully saturated rings. The summed E-state index contributed by atoms with van der Waals surface area (Å²) >= 11 is 8.85. The third kappa shape index (κ3) is 4.95. The van der Waals surface area contributed by atoms with E-state index in [9.17, 15) is 4.79 Å². The minimum atomic E-state index is -0.344. The molecule has 3 aromatic rings. The zero-order valence-electron chi connectivity index (χ0n) is 12.4. The number of hydrogen-bond acceptors (Lipinski definition) is 5. The van der Waals surface area contributed by atoms with Crippen molar-refractivity contribution in [2.45, 2.75) is 10.1 Å². The van der Waals surface area contributed by atoms with Crippen LogP contribution in [0.4, 0.5) is 15.6 Å². The molecule has 24 heavy (non-hydrogen) atoms. The summed E-state index contributed by atoms with van der Waals surface area (Å²) in [5.41, 5.74) is 1.83. The van der Waals surface area contributed by atoms with Gasteiger partial charge in [0.15, 0.2) is 4.34 Å². The number of nitrogens with one attached hydrogen (secondary N) is 2. The highest BCUT2D eigenvalue weighted by atomic mass is 35.5. The second-order valence-electron chi connectivity index (χ2n) is 4.74. The summed E-state index contributed by atoms with van der Waals surface area (Å²) < 4.78 is 0.782. The number of thioether (sulfide) groups is 1. The Morgan fingerprint density at radius 1 is 1.08 bits per heavy atom. The van der Waals surface area contributed by atoms with Crippen LogP contribution >= 0.6 is 34.7 Å². The molecular formula is C16H13ClN4OS2. The SMILES string of the molecule is O=C(Nc1ccccc1)Nc1nnc(SCc2cccc(Cl)c2)s1. The number of benzene rings is 2. The van der Waals surface area contributed by atoms with Crippen LogP contribution in [0.3, 0.4) is 0 Å². The molecule has 0 atom stereocenters. The maximum atomic E-state index is 11.9. The lowest BCUT2D eigenvalue weighted by atomic mass is 10.2. The van der Waals surface area contributed by atoms with Gasteiger partial charge in [-0.1, -0.05) is 65.0 Å². The molecule has 0 unspecified atom stereocenters. The zero-order chi connectivity index (χ0) is 16.8. The number of carbonyl (C=O) groups is 1. The first-order chi connectivity index (χ1) is 11.7. The van der Waals surface area contributed by atoms with E-state index >= 15 is 0 Å². The van der Waals surface area contributed by atoms with Gasteiger partial charge in [0.2, 0.25) is 5.13 Å². The van der Waals surface area contributed by atoms with E-state index in [-0.39, 0.29) is 6.03 Å². The molecule has 0 radical (unpaired) electrons. The number of halogens is 1. The molecule has 0 bridgehead atoms. The van der Waals surface area contributed by atoms with E-state index in [1.165, 1.54) is 11.3 Å². The largest absolute Gasteiger partial charge is 0.325 e. The van der Waals surface area contributed by atoms with Gasteiger partial charge in [-0.05, 0) is 29.8 Å². The monoisotopic (exact) mass is 376 g/mol. The van der Waals surface area contributed by atoms with Crippen LogP contribution in [0, 0.1) is 0 Å². The molecule has 2 amide bonds. The number of anilines is 2. The molecule has 1 heterocycles. The summed E-state index contributed by atoms with van der Waals surface area (Å²) in [5, 5.41) is 14.6. The quantitative estimate of drug-likeness (QED) is 0.478. The minimum absolute atomic E-state index is 0.344. The smallest absolute Gasteiger partial charge is 0.308 e. The van der Waals surface area contributed by atoms with Crippen LogP contribution in [0.15, 0.2) is 58.9 Å². The van der Waals surface area contributed by atoms with Gasteiger partial charge in [-0.3, -0.25) is 5.32 Å². The lowest BCUT2D eigenvalue weighted by Crippen LogP contribution is -2.19. The molecular weight excluding hydrogens is 364 g/mol. The van der Waals surface area contributed by atoms with E-state index in [1.54, 1.807) is 11.8 Å². The molecule has 2 aromatic carbocycles. The fourth-order valence-electron chi connectivity index (χ4n) is 1.87. The third-order valence-electron chi connectivity index (χ3n) is 2.91. The first-order valence-corrected chi connectivity index (χ1v) is 9.21. The van der Waals surface area contributed by atoms with Gasteiger partial charge < -0.3 is 5.32 Å². The number of aromatic nitrogens is 2. The fraction of sp³-hybridized carbons (Fsp3) is 0.0625. The van der Waals surface area contributed by atoms with Crippen LogP contribution in [-0.4, -0.2) is 16.2 Å². The number of hydrogen-bond donors (Lipinski definition) is 2. The van der Waals surface area contributed by atoms with Gasteiger partial charge in [-0.15, -0.1) is 10.2 Å². The second kappa shape index (κ2) is 8.14. The van der Waals surface area contributed by atoms with Gasteiger partial charge in [-0.2, -0.15) is 0 Å².